The van der Waals surface area contributed by atoms with Crippen molar-refractivity contribution in [2.24, 2.45) is 0 Å². The van der Waals surface area contributed by atoms with Gasteiger partial charge < -0.3 is 11.5 Å². The van der Waals surface area contributed by atoms with E-state index >= 15 is 0 Å². The molecule has 0 aliphatic heterocycles. The smallest absolute Gasteiger partial charge is 0.181 e. The summed E-state index contributed by atoms with van der Waals surface area (Å²) < 4.78 is 1.04. The van der Waals surface area contributed by atoms with Gasteiger partial charge in [0, 0.05) is 0 Å². The number of thiazole rings is 1. The number of hydrogen-bond acceptors (Lipinski definition) is 4. The van der Waals surface area contributed by atoms with Crippen molar-refractivity contribution < 1.29 is 0 Å². The Bertz CT molecular complexity index is 402. The van der Waals surface area contributed by atoms with Gasteiger partial charge in [-0.25, -0.2) is 4.98 Å². The second kappa shape index (κ2) is 4.50. The lowest BCUT2D eigenvalue weighted by Gasteiger charge is -1.90. The molecule has 13 heavy (non-hydrogen) atoms. The average molecular weight is 238 g/mol. The van der Waals surface area contributed by atoms with Crippen molar-refractivity contribution in [3.05, 3.63) is 18.2 Å². The predicted molar refractivity (Wildman–Crippen MR) is 62.9 cm³/mol. The Morgan fingerprint density at radius 2 is 1.85 bits per heavy atom. The lowest BCUT2D eigenvalue weighted by atomic mass is 10.3. The molecule has 0 radical (unpaired) electrons. The van der Waals surface area contributed by atoms with Gasteiger partial charge >= 0.3 is 0 Å². The van der Waals surface area contributed by atoms with Gasteiger partial charge in [-0.05, 0) is 12.1 Å². The number of para-hydroxylation sites is 1. The van der Waals surface area contributed by atoms with Crippen LogP contribution >= 0.6 is 36.2 Å². The molecule has 6 heteroatoms. The molecule has 4 N–H and O–H groups in total. The highest BCUT2D eigenvalue weighted by atomic mass is 35.5. The number of nitrogens with zero attached hydrogens (tertiary/aromatic N) is 1. The van der Waals surface area contributed by atoms with E-state index in [1.54, 1.807) is 0 Å². The molecule has 2 aromatic rings. The zero-order valence-corrected chi connectivity index (χ0v) is 9.01. The van der Waals surface area contributed by atoms with Crippen LogP contribution in [0.4, 0.5) is 10.8 Å². The lowest BCUT2D eigenvalue weighted by Crippen LogP contribution is -1.86. The minimum absolute atomic E-state index is 0. The van der Waals surface area contributed by atoms with E-state index in [1.165, 1.54) is 11.3 Å². The first kappa shape index (κ1) is 12.3. The molecule has 3 nitrogen and oxygen atoms in total. The molecular formula is C7H9Cl2N3S. The van der Waals surface area contributed by atoms with Crippen molar-refractivity contribution in [1.82, 2.24) is 4.98 Å². The lowest BCUT2D eigenvalue weighted by molar-refractivity contribution is 1.50. The number of anilines is 2. The minimum atomic E-state index is 0. The van der Waals surface area contributed by atoms with Gasteiger partial charge in [-0.1, -0.05) is 17.4 Å². The standard InChI is InChI=1S/C7H7N3S.2ClH/c8-4-2-1-3-5-6(4)10-7(9)11-5;;/h1-3H,8H2,(H2,9,10);2*1H. The Balaban J connectivity index is 0.000000720. The maximum Gasteiger partial charge on any atom is 0.181 e. The SMILES string of the molecule is Cl.Cl.Nc1nc2c(N)cccc2s1. The summed E-state index contributed by atoms with van der Waals surface area (Å²) in [6.07, 6.45) is 0. The van der Waals surface area contributed by atoms with E-state index < -0.39 is 0 Å². The third-order valence-corrected chi connectivity index (χ3v) is 2.32. The van der Waals surface area contributed by atoms with E-state index in [1.807, 2.05) is 18.2 Å². The summed E-state index contributed by atoms with van der Waals surface area (Å²) in [5.74, 6) is 0. The van der Waals surface area contributed by atoms with Crippen LogP contribution in [0.3, 0.4) is 0 Å². The fourth-order valence-electron chi connectivity index (χ4n) is 0.987. The van der Waals surface area contributed by atoms with E-state index in [-0.39, 0.29) is 24.8 Å². The Labute approximate surface area is 92.0 Å². The van der Waals surface area contributed by atoms with Crippen LogP contribution in [0.2, 0.25) is 0 Å². The number of benzene rings is 1. The van der Waals surface area contributed by atoms with E-state index in [2.05, 4.69) is 4.98 Å². The summed E-state index contributed by atoms with van der Waals surface area (Å²) in [6.45, 7) is 0. The molecule has 0 aliphatic carbocycles. The summed E-state index contributed by atoms with van der Waals surface area (Å²) in [6, 6.07) is 5.68. The highest BCUT2D eigenvalue weighted by Crippen LogP contribution is 2.27. The Kier molecular flexibility index (Phi) is 4.26. The first-order valence-electron chi connectivity index (χ1n) is 3.18. The summed E-state index contributed by atoms with van der Waals surface area (Å²) in [5.41, 5.74) is 12.7. The highest BCUT2D eigenvalue weighted by molar-refractivity contribution is 7.22. The monoisotopic (exact) mass is 237 g/mol. The average Bonchev–Trinajstić information content (AvgIpc) is 2.31. The Morgan fingerprint density at radius 1 is 1.15 bits per heavy atom. The predicted octanol–water partition coefficient (Wildman–Crippen LogP) is 2.30. The molecule has 1 aromatic carbocycles. The van der Waals surface area contributed by atoms with Crippen LogP contribution in [-0.2, 0) is 0 Å². The van der Waals surface area contributed by atoms with Crippen molar-refractivity contribution >= 4 is 57.2 Å². The molecule has 0 fully saturated rings. The van der Waals surface area contributed by atoms with Crippen LogP contribution in [0.25, 0.3) is 10.2 Å². The number of nitrogens with two attached hydrogens (primary N) is 2. The Morgan fingerprint density at radius 3 is 2.46 bits per heavy atom. The summed E-state index contributed by atoms with van der Waals surface area (Å²) in [7, 11) is 0. The zero-order chi connectivity index (χ0) is 7.84. The number of rotatable bonds is 0. The topological polar surface area (TPSA) is 64.9 Å². The maximum absolute atomic E-state index is 5.66. The molecule has 0 bridgehead atoms. The van der Waals surface area contributed by atoms with Gasteiger partial charge in [0.1, 0.15) is 5.52 Å². The normalized spacial score (nSPS) is 8.92. The van der Waals surface area contributed by atoms with Gasteiger partial charge in [0.25, 0.3) is 0 Å². The van der Waals surface area contributed by atoms with Crippen molar-refractivity contribution in [3.8, 4) is 0 Å². The molecule has 0 aliphatic rings. The Hall–Kier alpha value is -0.710. The zero-order valence-electron chi connectivity index (χ0n) is 6.56. The van der Waals surface area contributed by atoms with Gasteiger partial charge in [0.05, 0.1) is 10.4 Å². The molecule has 0 spiro atoms. The molecule has 0 atom stereocenters. The van der Waals surface area contributed by atoms with Gasteiger partial charge in [-0.15, -0.1) is 24.8 Å². The van der Waals surface area contributed by atoms with Gasteiger partial charge in [-0.3, -0.25) is 0 Å². The number of hydrogen-bond donors (Lipinski definition) is 2. The largest absolute Gasteiger partial charge is 0.397 e. The summed E-state index contributed by atoms with van der Waals surface area (Å²) in [4.78, 5) is 4.08. The first-order valence-corrected chi connectivity index (χ1v) is 3.99. The van der Waals surface area contributed by atoms with Crippen LogP contribution in [0, 0.1) is 0 Å². The fourth-order valence-corrected chi connectivity index (χ4v) is 1.76. The van der Waals surface area contributed by atoms with Gasteiger partial charge in [0.2, 0.25) is 0 Å². The molecule has 0 saturated heterocycles. The van der Waals surface area contributed by atoms with Crippen LogP contribution in [0.1, 0.15) is 0 Å². The molecule has 1 aromatic heterocycles. The van der Waals surface area contributed by atoms with Gasteiger partial charge in [0.15, 0.2) is 5.13 Å². The number of halogens is 2. The van der Waals surface area contributed by atoms with Crippen LogP contribution in [0.5, 0.6) is 0 Å². The second-order valence-electron chi connectivity index (χ2n) is 2.25. The molecule has 0 unspecified atom stereocenters. The first-order chi connectivity index (χ1) is 5.27. The second-order valence-corrected chi connectivity index (χ2v) is 3.31. The van der Waals surface area contributed by atoms with Crippen LogP contribution < -0.4 is 11.5 Å². The molecule has 0 amide bonds. The fraction of sp³-hybridized carbons (Fsp3) is 0. The van der Waals surface area contributed by atoms with Crippen LogP contribution in [-0.4, -0.2) is 4.98 Å². The highest BCUT2D eigenvalue weighted by Gasteiger charge is 2.01. The molecule has 2 rings (SSSR count). The van der Waals surface area contributed by atoms with Crippen molar-refractivity contribution in [1.29, 1.82) is 0 Å². The molecular weight excluding hydrogens is 229 g/mol. The van der Waals surface area contributed by atoms with E-state index in [4.69, 9.17) is 11.5 Å². The van der Waals surface area contributed by atoms with Crippen molar-refractivity contribution in [3.63, 3.8) is 0 Å². The van der Waals surface area contributed by atoms with Crippen molar-refractivity contribution in [2.45, 2.75) is 0 Å². The van der Waals surface area contributed by atoms with E-state index in [0.29, 0.717) is 10.8 Å². The molecule has 0 saturated carbocycles. The molecule has 1 heterocycles. The number of aromatic nitrogens is 1. The number of fused-ring (bicyclic) bond motifs is 1. The third-order valence-electron chi connectivity index (χ3n) is 1.47. The van der Waals surface area contributed by atoms with Crippen molar-refractivity contribution in [2.75, 3.05) is 11.5 Å². The van der Waals surface area contributed by atoms with E-state index in [9.17, 15) is 0 Å². The summed E-state index contributed by atoms with van der Waals surface area (Å²) >= 11 is 1.45. The van der Waals surface area contributed by atoms with Gasteiger partial charge in [-0.2, -0.15) is 0 Å². The third kappa shape index (κ3) is 2.15. The minimum Gasteiger partial charge on any atom is -0.397 e. The van der Waals surface area contributed by atoms with Crippen LogP contribution in [0.15, 0.2) is 18.2 Å². The number of nitrogen functional groups attached to an aromatic ring is 2. The quantitative estimate of drug-likeness (QED) is 0.692. The summed E-state index contributed by atoms with van der Waals surface area (Å²) in [5, 5.41) is 0.568. The molecule has 72 valence electrons. The van der Waals surface area contributed by atoms with E-state index in [0.717, 1.165) is 10.2 Å². The maximum atomic E-state index is 5.66.